The lowest BCUT2D eigenvalue weighted by Gasteiger charge is -2.23. The SMILES string of the molecule is Cc1ccc(C2CNC(=O)N2c2ccccc2)cc1. The van der Waals surface area contributed by atoms with Gasteiger partial charge in [0.15, 0.2) is 0 Å². The van der Waals surface area contributed by atoms with Crippen LogP contribution in [0.4, 0.5) is 10.5 Å². The molecule has 1 atom stereocenters. The van der Waals surface area contributed by atoms with Crippen molar-refractivity contribution in [3.8, 4) is 0 Å². The first-order chi connectivity index (χ1) is 9.25. The summed E-state index contributed by atoms with van der Waals surface area (Å²) < 4.78 is 0. The van der Waals surface area contributed by atoms with E-state index in [4.69, 9.17) is 0 Å². The van der Waals surface area contributed by atoms with Gasteiger partial charge in [0.1, 0.15) is 0 Å². The number of nitrogens with one attached hydrogen (secondary N) is 1. The van der Waals surface area contributed by atoms with Gasteiger partial charge in [-0.2, -0.15) is 0 Å². The molecule has 0 saturated carbocycles. The molecule has 2 amide bonds. The number of nitrogens with zero attached hydrogens (tertiary/aromatic N) is 1. The number of carbonyl (C=O) groups is 1. The van der Waals surface area contributed by atoms with Crippen LogP contribution in [0.1, 0.15) is 17.2 Å². The first kappa shape index (κ1) is 11.8. The Hall–Kier alpha value is -2.29. The minimum absolute atomic E-state index is 0.0308. The molecule has 1 saturated heterocycles. The third kappa shape index (κ3) is 2.19. The number of aryl methyl sites for hydroxylation is 1. The van der Waals surface area contributed by atoms with Crippen molar-refractivity contribution in [1.82, 2.24) is 5.32 Å². The van der Waals surface area contributed by atoms with Gasteiger partial charge in [0.25, 0.3) is 0 Å². The fraction of sp³-hybridized carbons (Fsp3) is 0.188. The van der Waals surface area contributed by atoms with Crippen LogP contribution in [0.2, 0.25) is 0 Å². The Morgan fingerprint density at radius 3 is 2.42 bits per heavy atom. The van der Waals surface area contributed by atoms with E-state index in [0.29, 0.717) is 6.54 Å². The number of hydrogen-bond acceptors (Lipinski definition) is 1. The van der Waals surface area contributed by atoms with E-state index in [2.05, 4.69) is 36.5 Å². The monoisotopic (exact) mass is 252 g/mol. The molecular formula is C16H16N2O. The minimum Gasteiger partial charge on any atom is -0.335 e. The molecule has 1 aliphatic heterocycles. The predicted molar refractivity (Wildman–Crippen MR) is 76.2 cm³/mol. The van der Waals surface area contributed by atoms with Crippen molar-refractivity contribution in [1.29, 1.82) is 0 Å². The molecule has 0 aromatic heterocycles. The Balaban J connectivity index is 1.97. The van der Waals surface area contributed by atoms with Crippen LogP contribution < -0.4 is 10.2 Å². The average molecular weight is 252 g/mol. The van der Waals surface area contributed by atoms with Gasteiger partial charge < -0.3 is 5.32 Å². The average Bonchev–Trinajstić information content (AvgIpc) is 2.82. The van der Waals surface area contributed by atoms with Crippen LogP contribution in [-0.4, -0.2) is 12.6 Å². The van der Waals surface area contributed by atoms with E-state index >= 15 is 0 Å². The van der Waals surface area contributed by atoms with Crippen LogP contribution >= 0.6 is 0 Å². The highest BCUT2D eigenvalue weighted by atomic mass is 16.2. The minimum atomic E-state index is -0.0308. The molecule has 1 heterocycles. The summed E-state index contributed by atoms with van der Waals surface area (Å²) in [7, 11) is 0. The highest BCUT2D eigenvalue weighted by Crippen LogP contribution is 2.30. The summed E-state index contributed by atoms with van der Waals surface area (Å²) in [6.45, 7) is 2.72. The molecule has 3 rings (SSSR count). The lowest BCUT2D eigenvalue weighted by atomic mass is 10.0. The number of urea groups is 1. The molecule has 1 N–H and O–H groups in total. The van der Waals surface area contributed by atoms with Crippen molar-refractivity contribution in [2.75, 3.05) is 11.4 Å². The van der Waals surface area contributed by atoms with Crippen molar-refractivity contribution in [3.63, 3.8) is 0 Å². The van der Waals surface area contributed by atoms with E-state index in [-0.39, 0.29) is 12.1 Å². The number of amides is 2. The maximum Gasteiger partial charge on any atom is 0.322 e. The number of rotatable bonds is 2. The highest BCUT2D eigenvalue weighted by molar-refractivity contribution is 5.95. The van der Waals surface area contributed by atoms with Crippen molar-refractivity contribution in [2.45, 2.75) is 13.0 Å². The molecular weight excluding hydrogens is 236 g/mol. The second-order valence-electron chi connectivity index (χ2n) is 4.82. The van der Waals surface area contributed by atoms with Gasteiger partial charge in [-0.05, 0) is 24.6 Å². The number of hydrogen-bond donors (Lipinski definition) is 1. The van der Waals surface area contributed by atoms with E-state index in [1.54, 1.807) is 0 Å². The van der Waals surface area contributed by atoms with Crippen LogP contribution in [0.15, 0.2) is 54.6 Å². The second-order valence-corrected chi connectivity index (χ2v) is 4.82. The standard InChI is InChI=1S/C16H16N2O/c1-12-7-9-13(10-8-12)15-11-17-16(19)18(15)14-5-3-2-4-6-14/h2-10,15H,11H2,1H3,(H,17,19). The molecule has 0 bridgehead atoms. The number of carbonyl (C=O) groups excluding carboxylic acids is 1. The van der Waals surface area contributed by atoms with Gasteiger partial charge in [-0.3, -0.25) is 4.90 Å². The van der Waals surface area contributed by atoms with Gasteiger partial charge in [0.05, 0.1) is 6.04 Å². The zero-order valence-electron chi connectivity index (χ0n) is 10.8. The summed E-state index contributed by atoms with van der Waals surface area (Å²) in [5, 5.41) is 2.92. The third-order valence-corrected chi connectivity index (χ3v) is 3.47. The van der Waals surface area contributed by atoms with E-state index in [0.717, 1.165) is 11.3 Å². The molecule has 0 spiro atoms. The van der Waals surface area contributed by atoms with Gasteiger partial charge in [-0.25, -0.2) is 4.79 Å². The second kappa shape index (κ2) is 4.76. The Labute approximate surface area is 112 Å². The fourth-order valence-corrected chi connectivity index (χ4v) is 2.44. The maximum atomic E-state index is 12.0. The number of para-hydroxylation sites is 1. The van der Waals surface area contributed by atoms with E-state index < -0.39 is 0 Å². The third-order valence-electron chi connectivity index (χ3n) is 3.47. The van der Waals surface area contributed by atoms with Gasteiger partial charge >= 0.3 is 6.03 Å². The van der Waals surface area contributed by atoms with Crippen molar-refractivity contribution >= 4 is 11.7 Å². The van der Waals surface area contributed by atoms with Crippen LogP contribution in [-0.2, 0) is 0 Å². The normalized spacial score (nSPS) is 18.5. The van der Waals surface area contributed by atoms with Crippen LogP contribution in [0.3, 0.4) is 0 Å². The molecule has 1 aliphatic rings. The Kier molecular flexibility index (Phi) is 2.95. The molecule has 1 unspecified atom stereocenters. The summed E-state index contributed by atoms with van der Waals surface area (Å²) >= 11 is 0. The smallest absolute Gasteiger partial charge is 0.322 e. The lowest BCUT2D eigenvalue weighted by molar-refractivity contribution is 0.251. The molecule has 2 aromatic carbocycles. The van der Waals surface area contributed by atoms with Crippen LogP contribution in [0.5, 0.6) is 0 Å². The number of benzene rings is 2. The molecule has 2 aromatic rings. The highest BCUT2D eigenvalue weighted by Gasteiger charge is 2.32. The Morgan fingerprint density at radius 2 is 1.74 bits per heavy atom. The molecule has 3 nitrogen and oxygen atoms in total. The van der Waals surface area contributed by atoms with Crippen molar-refractivity contribution < 1.29 is 4.79 Å². The summed E-state index contributed by atoms with van der Waals surface area (Å²) in [5.74, 6) is 0. The maximum absolute atomic E-state index is 12.0. The Morgan fingerprint density at radius 1 is 1.05 bits per heavy atom. The summed E-state index contributed by atoms with van der Waals surface area (Å²) in [6, 6.07) is 18.2. The topological polar surface area (TPSA) is 32.3 Å². The van der Waals surface area contributed by atoms with Gasteiger partial charge in [-0.15, -0.1) is 0 Å². The zero-order valence-corrected chi connectivity index (χ0v) is 10.8. The van der Waals surface area contributed by atoms with Gasteiger partial charge in [0.2, 0.25) is 0 Å². The fourth-order valence-electron chi connectivity index (χ4n) is 2.44. The van der Waals surface area contributed by atoms with Crippen molar-refractivity contribution in [3.05, 3.63) is 65.7 Å². The first-order valence-corrected chi connectivity index (χ1v) is 6.44. The number of anilines is 1. The first-order valence-electron chi connectivity index (χ1n) is 6.44. The van der Waals surface area contributed by atoms with Crippen LogP contribution in [0.25, 0.3) is 0 Å². The zero-order chi connectivity index (χ0) is 13.2. The largest absolute Gasteiger partial charge is 0.335 e. The molecule has 0 radical (unpaired) electrons. The van der Waals surface area contributed by atoms with Gasteiger partial charge in [-0.1, -0.05) is 48.0 Å². The molecule has 19 heavy (non-hydrogen) atoms. The molecule has 0 aliphatic carbocycles. The predicted octanol–water partition coefficient (Wildman–Crippen LogP) is 3.27. The lowest BCUT2D eigenvalue weighted by Crippen LogP contribution is -2.29. The van der Waals surface area contributed by atoms with Gasteiger partial charge in [0, 0.05) is 12.2 Å². The van der Waals surface area contributed by atoms with E-state index in [9.17, 15) is 4.79 Å². The summed E-state index contributed by atoms with van der Waals surface area (Å²) in [5.41, 5.74) is 3.32. The summed E-state index contributed by atoms with van der Waals surface area (Å²) in [6.07, 6.45) is 0. The Bertz CT molecular complexity index is 577. The van der Waals surface area contributed by atoms with E-state index in [1.807, 2.05) is 35.2 Å². The van der Waals surface area contributed by atoms with E-state index in [1.165, 1.54) is 5.56 Å². The molecule has 3 heteroatoms. The molecule has 1 fully saturated rings. The quantitative estimate of drug-likeness (QED) is 0.874. The van der Waals surface area contributed by atoms with Crippen LogP contribution in [0, 0.1) is 6.92 Å². The molecule has 96 valence electrons. The summed E-state index contributed by atoms with van der Waals surface area (Å²) in [4.78, 5) is 13.9. The van der Waals surface area contributed by atoms with Crippen molar-refractivity contribution in [2.24, 2.45) is 0 Å².